The summed E-state index contributed by atoms with van der Waals surface area (Å²) in [5.74, 6) is 0. The number of alkyl halides is 3. The maximum atomic E-state index is 12.6. The van der Waals surface area contributed by atoms with E-state index in [1.54, 1.807) is 0 Å². The van der Waals surface area contributed by atoms with Gasteiger partial charge in [0.1, 0.15) is 0 Å². The molecule has 4 nitrogen and oxygen atoms in total. The molecule has 1 aliphatic carbocycles. The van der Waals surface area contributed by atoms with Gasteiger partial charge >= 0.3 is 6.18 Å². The van der Waals surface area contributed by atoms with Crippen LogP contribution in [0, 0.1) is 0 Å². The minimum absolute atomic E-state index is 0.306. The van der Waals surface area contributed by atoms with Crippen molar-refractivity contribution in [1.82, 2.24) is 4.72 Å². The number of sulfonamides is 1. The van der Waals surface area contributed by atoms with Gasteiger partial charge in [-0.25, -0.2) is 13.1 Å². The van der Waals surface area contributed by atoms with Gasteiger partial charge in [-0.2, -0.15) is 13.2 Å². The SMILES string of the molecule is NC1CCCCC1NS(=O)(=O)c1cccc(C(F)(F)F)c1. The van der Waals surface area contributed by atoms with E-state index in [0.29, 0.717) is 18.9 Å². The van der Waals surface area contributed by atoms with Crippen LogP contribution in [0.15, 0.2) is 29.2 Å². The Hall–Kier alpha value is -1.12. The lowest BCUT2D eigenvalue weighted by Gasteiger charge is -2.29. The number of nitrogens with one attached hydrogen (secondary N) is 1. The zero-order valence-electron chi connectivity index (χ0n) is 11.2. The van der Waals surface area contributed by atoms with Crippen molar-refractivity contribution in [2.45, 2.75) is 48.8 Å². The molecule has 0 aromatic heterocycles. The van der Waals surface area contributed by atoms with Crippen molar-refractivity contribution in [2.24, 2.45) is 5.73 Å². The average Bonchev–Trinajstić information content (AvgIpc) is 2.40. The van der Waals surface area contributed by atoms with Gasteiger partial charge in [0.2, 0.25) is 10.0 Å². The molecule has 0 heterocycles. The molecule has 0 spiro atoms. The second kappa shape index (κ2) is 5.94. The number of hydrogen-bond donors (Lipinski definition) is 2. The third-order valence-electron chi connectivity index (χ3n) is 3.60. The van der Waals surface area contributed by atoms with Crippen molar-refractivity contribution >= 4 is 10.0 Å². The molecule has 0 saturated heterocycles. The second-order valence-electron chi connectivity index (χ2n) is 5.20. The standard InChI is InChI=1S/C13H17F3N2O2S/c14-13(15,16)9-4-3-5-10(8-9)21(19,20)18-12-7-2-1-6-11(12)17/h3-5,8,11-12,18H,1-2,6-7,17H2. The van der Waals surface area contributed by atoms with Crippen molar-refractivity contribution < 1.29 is 21.6 Å². The Labute approximate surface area is 121 Å². The topological polar surface area (TPSA) is 72.2 Å². The summed E-state index contributed by atoms with van der Waals surface area (Å²) in [6, 6.07) is 2.96. The molecule has 1 saturated carbocycles. The molecule has 3 N–H and O–H groups in total. The van der Waals surface area contributed by atoms with Crippen molar-refractivity contribution in [2.75, 3.05) is 0 Å². The summed E-state index contributed by atoms with van der Waals surface area (Å²) in [7, 11) is -4.01. The first-order chi connectivity index (χ1) is 9.70. The minimum Gasteiger partial charge on any atom is -0.326 e. The van der Waals surface area contributed by atoms with E-state index in [9.17, 15) is 21.6 Å². The summed E-state index contributed by atoms with van der Waals surface area (Å²) in [5, 5.41) is 0. The Kier molecular flexibility index (Phi) is 4.60. The van der Waals surface area contributed by atoms with Gasteiger partial charge in [0.05, 0.1) is 10.5 Å². The van der Waals surface area contributed by atoms with Crippen LogP contribution in [-0.4, -0.2) is 20.5 Å². The summed E-state index contributed by atoms with van der Waals surface area (Å²) in [6.45, 7) is 0. The Bertz CT molecular complexity index is 602. The molecule has 1 aromatic rings. The van der Waals surface area contributed by atoms with Gasteiger partial charge < -0.3 is 5.73 Å². The third kappa shape index (κ3) is 3.96. The lowest BCUT2D eigenvalue weighted by Crippen LogP contribution is -2.49. The Balaban J connectivity index is 2.23. The fourth-order valence-corrected chi connectivity index (χ4v) is 3.78. The zero-order valence-corrected chi connectivity index (χ0v) is 12.0. The Morgan fingerprint density at radius 2 is 1.86 bits per heavy atom. The molecule has 118 valence electrons. The van der Waals surface area contributed by atoms with Gasteiger partial charge in [-0.15, -0.1) is 0 Å². The van der Waals surface area contributed by atoms with Crippen molar-refractivity contribution in [3.8, 4) is 0 Å². The molecule has 1 fully saturated rings. The second-order valence-corrected chi connectivity index (χ2v) is 6.92. The van der Waals surface area contributed by atoms with Gasteiger partial charge in [0, 0.05) is 12.1 Å². The maximum absolute atomic E-state index is 12.6. The highest BCUT2D eigenvalue weighted by atomic mass is 32.2. The average molecular weight is 322 g/mol. The van der Waals surface area contributed by atoms with Gasteiger partial charge in [-0.05, 0) is 31.0 Å². The van der Waals surface area contributed by atoms with E-state index < -0.39 is 32.7 Å². The van der Waals surface area contributed by atoms with E-state index in [-0.39, 0.29) is 6.04 Å². The van der Waals surface area contributed by atoms with Crippen LogP contribution in [0.25, 0.3) is 0 Å². The quantitative estimate of drug-likeness (QED) is 0.896. The maximum Gasteiger partial charge on any atom is 0.416 e. The predicted octanol–water partition coefficient (Wildman–Crippen LogP) is 2.25. The first-order valence-corrected chi connectivity index (χ1v) is 8.13. The molecule has 2 rings (SSSR count). The van der Waals surface area contributed by atoms with E-state index in [1.165, 1.54) is 0 Å². The highest BCUT2D eigenvalue weighted by molar-refractivity contribution is 7.89. The zero-order chi connectivity index (χ0) is 15.7. The lowest BCUT2D eigenvalue weighted by atomic mass is 9.92. The molecule has 0 amide bonds. The molecule has 8 heteroatoms. The summed E-state index contributed by atoms with van der Waals surface area (Å²) in [6.07, 6.45) is -1.49. The summed E-state index contributed by atoms with van der Waals surface area (Å²) in [4.78, 5) is -0.393. The molecular weight excluding hydrogens is 305 g/mol. The van der Waals surface area contributed by atoms with Crippen LogP contribution in [-0.2, 0) is 16.2 Å². The van der Waals surface area contributed by atoms with Crippen LogP contribution in [0.1, 0.15) is 31.2 Å². The normalized spacial score (nSPS) is 24.0. The van der Waals surface area contributed by atoms with Gasteiger partial charge in [0.25, 0.3) is 0 Å². The highest BCUT2D eigenvalue weighted by Gasteiger charge is 2.32. The van der Waals surface area contributed by atoms with E-state index in [2.05, 4.69) is 4.72 Å². The number of nitrogens with two attached hydrogens (primary N) is 1. The van der Waals surface area contributed by atoms with E-state index in [0.717, 1.165) is 31.0 Å². The molecule has 2 unspecified atom stereocenters. The van der Waals surface area contributed by atoms with E-state index >= 15 is 0 Å². The smallest absolute Gasteiger partial charge is 0.326 e. The summed E-state index contributed by atoms with van der Waals surface area (Å²) >= 11 is 0. The van der Waals surface area contributed by atoms with Crippen molar-refractivity contribution in [3.05, 3.63) is 29.8 Å². The van der Waals surface area contributed by atoms with Crippen LogP contribution in [0.4, 0.5) is 13.2 Å². The monoisotopic (exact) mass is 322 g/mol. The molecule has 0 aliphatic heterocycles. The molecule has 0 bridgehead atoms. The van der Waals surface area contributed by atoms with Crippen LogP contribution < -0.4 is 10.5 Å². The molecule has 2 atom stereocenters. The molecule has 1 aliphatic rings. The minimum atomic E-state index is -4.58. The van der Waals surface area contributed by atoms with Crippen LogP contribution in [0.3, 0.4) is 0 Å². The fraction of sp³-hybridized carbons (Fsp3) is 0.538. The summed E-state index contributed by atoms with van der Waals surface area (Å²) < 4.78 is 64.7. The predicted molar refractivity (Wildman–Crippen MR) is 72.0 cm³/mol. The molecular formula is C13H17F3N2O2S. The lowest BCUT2D eigenvalue weighted by molar-refractivity contribution is -0.137. The Morgan fingerprint density at radius 3 is 2.48 bits per heavy atom. The van der Waals surface area contributed by atoms with Crippen LogP contribution in [0.5, 0.6) is 0 Å². The number of hydrogen-bond acceptors (Lipinski definition) is 3. The van der Waals surface area contributed by atoms with Crippen molar-refractivity contribution in [3.63, 3.8) is 0 Å². The third-order valence-corrected chi connectivity index (χ3v) is 5.09. The summed E-state index contributed by atoms with van der Waals surface area (Å²) in [5.41, 5.74) is 4.87. The fourth-order valence-electron chi connectivity index (χ4n) is 2.41. The Morgan fingerprint density at radius 1 is 1.19 bits per heavy atom. The molecule has 1 aromatic carbocycles. The van der Waals surface area contributed by atoms with Crippen LogP contribution >= 0.6 is 0 Å². The molecule has 21 heavy (non-hydrogen) atoms. The van der Waals surface area contributed by atoms with Gasteiger partial charge in [-0.3, -0.25) is 0 Å². The van der Waals surface area contributed by atoms with E-state index in [1.807, 2.05) is 0 Å². The number of halogens is 3. The first-order valence-electron chi connectivity index (χ1n) is 6.65. The largest absolute Gasteiger partial charge is 0.416 e. The molecule has 0 radical (unpaired) electrons. The van der Waals surface area contributed by atoms with Gasteiger partial charge in [-0.1, -0.05) is 18.9 Å². The highest BCUT2D eigenvalue weighted by Crippen LogP contribution is 2.30. The van der Waals surface area contributed by atoms with Crippen molar-refractivity contribution in [1.29, 1.82) is 0 Å². The number of benzene rings is 1. The first kappa shape index (κ1) is 16.3. The van der Waals surface area contributed by atoms with E-state index in [4.69, 9.17) is 5.73 Å². The van der Waals surface area contributed by atoms with Crippen LogP contribution in [0.2, 0.25) is 0 Å². The van der Waals surface area contributed by atoms with Gasteiger partial charge in [0.15, 0.2) is 0 Å². The number of rotatable bonds is 3.